The highest BCUT2D eigenvalue weighted by atomic mass is 19.4. The quantitative estimate of drug-likeness (QED) is 0.705. The summed E-state index contributed by atoms with van der Waals surface area (Å²) in [7, 11) is 0. The minimum atomic E-state index is -5.08. The zero-order valence-corrected chi connectivity index (χ0v) is 17.0. The summed E-state index contributed by atoms with van der Waals surface area (Å²) in [6, 6.07) is 4.47. The van der Waals surface area contributed by atoms with Crippen molar-refractivity contribution in [2.24, 2.45) is 0 Å². The number of carboxylic acids is 2. The molecule has 9 nitrogen and oxygen atoms in total. The molecular weight excluding hydrogens is 437 g/mol. The summed E-state index contributed by atoms with van der Waals surface area (Å²) in [5, 5.41) is 16.8. The Morgan fingerprint density at radius 1 is 1.00 bits per heavy atom. The first-order valence-corrected chi connectivity index (χ1v) is 10.1. The summed E-state index contributed by atoms with van der Waals surface area (Å²) in [5.74, 6) is -2.81. The van der Waals surface area contributed by atoms with Gasteiger partial charge in [-0.05, 0) is 57.0 Å². The average Bonchev–Trinajstić information content (AvgIpc) is 3.44. The van der Waals surface area contributed by atoms with E-state index in [1.165, 1.54) is 17.7 Å². The fourth-order valence-corrected chi connectivity index (χ4v) is 4.06. The van der Waals surface area contributed by atoms with Gasteiger partial charge in [0.15, 0.2) is 11.5 Å². The molecule has 2 fully saturated rings. The molecule has 2 N–H and O–H groups in total. The molecule has 176 valence electrons. The Morgan fingerprint density at radius 2 is 1.62 bits per heavy atom. The monoisotopic (exact) mass is 460 g/mol. The van der Waals surface area contributed by atoms with Gasteiger partial charge in [-0.2, -0.15) is 13.2 Å². The Balaban J connectivity index is 0.000000360. The van der Waals surface area contributed by atoms with Crippen molar-refractivity contribution in [3.63, 3.8) is 0 Å². The summed E-state index contributed by atoms with van der Waals surface area (Å²) >= 11 is 0. The second kappa shape index (κ2) is 9.63. The molecule has 3 aliphatic rings. The number of carboxylic acid groups (broad SMARTS) is 2. The van der Waals surface area contributed by atoms with Crippen LogP contribution in [-0.4, -0.2) is 82.5 Å². The number of fused-ring (bicyclic) bond motifs is 1. The Labute approximate surface area is 181 Å². The van der Waals surface area contributed by atoms with E-state index in [0.29, 0.717) is 30.0 Å². The SMILES string of the molecule is O=C(O)C(F)(F)F.O=C(O)C1CC(N2CCCC2)CCN1C(=O)c1ccc2c(c1)OCO2. The lowest BCUT2D eigenvalue weighted by Gasteiger charge is -2.40. The summed E-state index contributed by atoms with van der Waals surface area (Å²) in [4.78, 5) is 37.4. The van der Waals surface area contributed by atoms with Crippen LogP contribution in [0, 0.1) is 0 Å². The molecular formula is C20H23F3N2O7. The highest BCUT2D eigenvalue weighted by Crippen LogP contribution is 2.34. The number of rotatable bonds is 3. The number of piperidine rings is 1. The van der Waals surface area contributed by atoms with Crippen LogP contribution in [0.3, 0.4) is 0 Å². The standard InChI is InChI=1S/C18H22N2O5.C2HF3O2/c21-17(12-3-4-15-16(9-12)25-11-24-15)20-8-5-13(10-14(20)18(22)23)19-6-1-2-7-19;3-2(4,5)1(6)7/h3-4,9,13-14H,1-2,5-8,10-11H2,(H,22,23);(H,6,7). The smallest absolute Gasteiger partial charge is 0.480 e. The number of aliphatic carboxylic acids is 2. The van der Waals surface area contributed by atoms with Crippen molar-refractivity contribution in [2.75, 3.05) is 26.4 Å². The summed E-state index contributed by atoms with van der Waals surface area (Å²) in [6.07, 6.45) is -1.42. The van der Waals surface area contributed by atoms with E-state index in [1.807, 2.05) is 0 Å². The van der Waals surface area contributed by atoms with Gasteiger partial charge in [-0.15, -0.1) is 0 Å². The predicted molar refractivity (Wildman–Crippen MR) is 103 cm³/mol. The Morgan fingerprint density at radius 3 is 2.22 bits per heavy atom. The van der Waals surface area contributed by atoms with Crippen molar-refractivity contribution in [2.45, 2.75) is 43.9 Å². The second-order valence-electron chi connectivity index (χ2n) is 7.64. The van der Waals surface area contributed by atoms with Crippen molar-refractivity contribution in [3.05, 3.63) is 23.8 Å². The number of carbonyl (C=O) groups excluding carboxylic acids is 1. The zero-order chi connectivity index (χ0) is 23.5. The van der Waals surface area contributed by atoms with Crippen LogP contribution in [0.5, 0.6) is 11.5 Å². The van der Waals surface area contributed by atoms with Gasteiger partial charge in [0.2, 0.25) is 6.79 Å². The average molecular weight is 460 g/mol. The van der Waals surface area contributed by atoms with E-state index >= 15 is 0 Å². The van der Waals surface area contributed by atoms with Crippen molar-refractivity contribution >= 4 is 17.8 Å². The fourth-order valence-electron chi connectivity index (χ4n) is 4.06. The highest BCUT2D eigenvalue weighted by Gasteiger charge is 2.39. The van der Waals surface area contributed by atoms with Crippen LogP contribution in [-0.2, 0) is 9.59 Å². The third kappa shape index (κ3) is 5.42. The van der Waals surface area contributed by atoms with E-state index in [2.05, 4.69) is 4.90 Å². The number of nitrogens with zero attached hydrogens (tertiary/aromatic N) is 2. The molecule has 0 radical (unpaired) electrons. The number of ether oxygens (including phenoxy) is 2. The summed E-state index contributed by atoms with van der Waals surface area (Å²) in [5.41, 5.74) is 0.440. The van der Waals surface area contributed by atoms with Crippen LogP contribution >= 0.6 is 0 Å². The lowest BCUT2D eigenvalue weighted by atomic mass is 9.95. The van der Waals surface area contributed by atoms with Gasteiger partial charge in [-0.1, -0.05) is 0 Å². The summed E-state index contributed by atoms with van der Waals surface area (Å²) < 4.78 is 42.3. The first-order chi connectivity index (χ1) is 15.1. The molecule has 2 atom stereocenters. The third-order valence-electron chi connectivity index (χ3n) is 5.64. The van der Waals surface area contributed by atoms with Gasteiger partial charge in [0.25, 0.3) is 5.91 Å². The predicted octanol–water partition coefficient (Wildman–Crippen LogP) is 2.20. The topological polar surface area (TPSA) is 117 Å². The van der Waals surface area contributed by atoms with Gasteiger partial charge < -0.3 is 29.5 Å². The number of likely N-dealkylation sites (tertiary alicyclic amines) is 2. The van der Waals surface area contributed by atoms with Crippen molar-refractivity contribution in [1.29, 1.82) is 0 Å². The molecule has 0 spiro atoms. The van der Waals surface area contributed by atoms with E-state index < -0.39 is 24.2 Å². The van der Waals surface area contributed by atoms with E-state index in [9.17, 15) is 27.9 Å². The first kappa shape index (κ1) is 23.6. The maximum absolute atomic E-state index is 12.9. The zero-order valence-electron chi connectivity index (χ0n) is 17.0. The Bertz CT molecular complexity index is 871. The second-order valence-corrected chi connectivity index (χ2v) is 7.64. The molecule has 2 unspecified atom stereocenters. The number of hydrogen-bond donors (Lipinski definition) is 2. The number of carbonyl (C=O) groups is 3. The maximum Gasteiger partial charge on any atom is 0.490 e. The van der Waals surface area contributed by atoms with Crippen molar-refractivity contribution < 1.29 is 47.2 Å². The Hall–Kier alpha value is -3.02. The van der Waals surface area contributed by atoms with Gasteiger partial charge in [-0.3, -0.25) is 4.79 Å². The van der Waals surface area contributed by atoms with E-state index in [4.69, 9.17) is 19.4 Å². The van der Waals surface area contributed by atoms with Crippen molar-refractivity contribution in [3.8, 4) is 11.5 Å². The molecule has 32 heavy (non-hydrogen) atoms. The van der Waals surface area contributed by atoms with E-state index in [-0.39, 0.29) is 18.7 Å². The molecule has 4 rings (SSSR count). The van der Waals surface area contributed by atoms with Crippen LogP contribution in [0.15, 0.2) is 18.2 Å². The van der Waals surface area contributed by atoms with Crippen LogP contribution in [0.25, 0.3) is 0 Å². The van der Waals surface area contributed by atoms with Gasteiger partial charge in [0.05, 0.1) is 0 Å². The number of hydrogen-bond acceptors (Lipinski definition) is 6. The maximum atomic E-state index is 12.9. The van der Waals surface area contributed by atoms with Crippen LogP contribution in [0.2, 0.25) is 0 Å². The van der Waals surface area contributed by atoms with E-state index in [0.717, 1.165) is 19.5 Å². The van der Waals surface area contributed by atoms with Gasteiger partial charge in [0, 0.05) is 18.2 Å². The minimum Gasteiger partial charge on any atom is -0.480 e. The molecule has 0 aromatic heterocycles. The third-order valence-corrected chi connectivity index (χ3v) is 5.64. The molecule has 3 heterocycles. The largest absolute Gasteiger partial charge is 0.490 e. The van der Waals surface area contributed by atoms with Crippen molar-refractivity contribution in [1.82, 2.24) is 9.80 Å². The first-order valence-electron chi connectivity index (χ1n) is 10.1. The fraction of sp³-hybridized carbons (Fsp3) is 0.550. The molecule has 0 saturated carbocycles. The molecule has 3 aliphatic heterocycles. The lowest BCUT2D eigenvalue weighted by molar-refractivity contribution is -0.192. The number of benzene rings is 1. The van der Waals surface area contributed by atoms with Crippen LogP contribution in [0.4, 0.5) is 13.2 Å². The van der Waals surface area contributed by atoms with Gasteiger partial charge in [0.1, 0.15) is 6.04 Å². The minimum absolute atomic E-state index is 0.145. The molecule has 1 aromatic rings. The molecule has 1 aromatic carbocycles. The van der Waals surface area contributed by atoms with Gasteiger partial charge >= 0.3 is 18.1 Å². The Kier molecular flexibility index (Phi) is 7.12. The molecule has 0 bridgehead atoms. The number of alkyl halides is 3. The van der Waals surface area contributed by atoms with E-state index in [1.54, 1.807) is 18.2 Å². The normalized spacial score (nSPS) is 22.8. The molecule has 12 heteroatoms. The van der Waals surface area contributed by atoms with Crippen LogP contribution in [0.1, 0.15) is 36.0 Å². The molecule has 2 saturated heterocycles. The molecule has 1 amide bonds. The lowest BCUT2D eigenvalue weighted by Crippen LogP contribution is -2.54. The summed E-state index contributed by atoms with van der Waals surface area (Å²) in [6.45, 7) is 2.68. The van der Waals surface area contributed by atoms with Crippen LogP contribution < -0.4 is 9.47 Å². The number of amides is 1. The highest BCUT2D eigenvalue weighted by molar-refractivity contribution is 5.97. The van der Waals surface area contributed by atoms with Gasteiger partial charge in [-0.25, -0.2) is 9.59 Å². The molecule has 0 aliphatic carbocycles. The number of halogens is 3.